The number of phenols is 1. The summed E-state index contributed by atoms with van der Waals surface area (Å²) in [5.74, 6) is 1.13. The molecule has 1 heterocycles. The monoisotopic (exact) mass is 301 g/mol. The van der Waals surface area contributed by atoms with Crippen LogP contribution in [0.5, 0.6) is 17.2 Å². The van der Waals surface area contributed by atoms with Gasteiger partial charge in [0.25, 0.3) is 0 Å². The topological polar surface area (TPSA) is 64.7 Å². The Morgan fingerprint density at radius 3 is 2.21 bits per heavy atom. The van der Waals surface area contributed by atoms with Gasteiger partial charge in [-0.25, -0.2) is 0 Å². The van der Waals surface area contributed by atoms with Crippen LogP contribution < -0.4 is 15.2 Å². The first-order chi connectivity index (χ1) is 8.67. The second kappa shape index (κ2) is 6.65. The highest BCUT2D eigenvalue weighted by molar-refractivity contribution is 7.08. The van der Waals surface area contributed by atoms with Crippen LogP contribution in [0.3, 0.4) is 0 Å². The summed E-state index contributed by atoms with van der Waals surface area (Å²) in [4.78, 5) is 0. The molecular weight excluding hydrogens is 286 g/mol. The minimum atomic E-state index is -0.346. The second-order valence-corrected chi connectivity index (χ2v) is 4.58. The maximum atomic E-state index is 9.59. The lowest BCUT2D eigenvalue weighted by atomic mass is 10.00. The highest BCUT2D eigenvalue weighted by Gasteiger charge is 2.20. The third-order valence-electron chi connectivity index (χ3n) is 2.74. The lowest BCUT2D eigenvalue weighted by Crippen LogP contribution is -2.13. The Morgan fingerprint density at radius 2 is 1.79 bits per heavy atom. The van der Waals surface area contributed by atoms with Gasteiger partial charge in [-0.15, -0.1) is 12.4 Å². The van der Waals surface area contributed by atoms with E-state index in [0.717, 1.165) is 11.1 Å². The van der Waals surface area contributed by atoms with E-state index in [9.17, 15) is 5.11 Å². The van der Waals surface area contributed by atoms with Crippen molar-refractivity contribution in [3.05, 3.63) is 40.1 Å². The summed E-state index contributed by atoms with van der Waals surface area (Å²) in [5, 5.41) is 13.5. The highest BCUT2D eigenvalue weighted by Crippen LogP contribution is 2.39. The number of nitrogens with two attached hydrogens (primary N) is 1. The molecule has 1 atom stereocenters. The molecule has 0 aliphatic rings. The summed E-state index contributed by atoms with van der Waals surface area (Å²) in [7, 11) is 3.08. The summed E-state index contributed by atoms with van der Waals surface area (Å²) in [6.45, 7) is 0. The van der Waals surface area contributed by atoms with Gasteiger partial charge < -0.3 is 20.3 Å². The largest absolute Gasteiger partial charge is 0.508 e. The van der Waals surface area contributed by atoms with Crippen LogP contribution in [0.4, 0.5) is 0 Å². The van der Waals surface area contributed by atoms with Crippen LogP contribution in [0.15, 0.2) is 29.0 Å². The standard InChI is InChI=1S/C13H15NO3S.ClH/c1-16-10-5-9(15)6-11(17-2)12(10)13(14)8-3-4-18-7-8;/h3-7,13,15H,14H2,1-2H3;1H/t13-;/m1./s1. The van der Waals surface area contributed by atoms with E-state index in [1.807, 2.05) is 16.8 Å². The van der Waals surface area contributed by atoms with Crippen LogP contribution in [-0.2, 0) is 0 Å². The molecule has 0 amide bonds. The Bertz CT molecular complexity index is 506. The number of aromatic hydroxyl groups is 1. The third kappa shape index (κ3) is 3.12. The van der Waals surface area contributed by atoms with Crippen LogP contribution in [0, 0.1) is 0 Å². The summed E-state index contributed by atoms with van der Waals surface area (Å²) in [6.07, 6.45) is 0. The van der Waals surface area contributed by atoms with Gasteiger partial charge in [0, 0.05) is 12.1 Å². The average molecular weight is 302 g/mol. The van der Waals surface area contributed by atoms with Gasteiger partial charge in [0.15, 0.2) is 0 Å². The van der Waals surface area contributed by atoms with Crippen LogP contribution >= 0.6 is 23.7 Å². The molecule has 0 fully saturated rings. The molecule has 104 valence electrons. The van der Waals surface area contributed by atoms with E-state index in [-0.39, 0.29) is 24.2 Å². The highest BCUT2D eigenvalue weighted by atomic mass is 35.5. The van der Waals surface area contributed by atoms with Gasteiger partial charge in [0.2, 0.25) is 0 Å². The molecule has 0 unspecified atom stereocenters. The molecule has 3 N–H and O–H groups in total. The van der Waals surface area contributed by atoms with Crippen LogP contribution in [0.2, 0.25) is 0 Å². The first-order valence-corrected chi connectivity index (χ1v) is 6.34. The number of rotatable bonds is 4. The number of benzene rings is 1. The number of thiophene rings is 1. The minimum Gasteiger partial charge on any atom is -0.508 e. The van der Waals surface area contributed by atoms with Crippen molar-refractivity contribution in [3.8, 4) is 17.2 Å². The minimum absolute atomic E-state index is 0. The fraction of sp³-hybridized carbons (Fsp3) is 0.231. The first-order valence-electron chi connectivity index (χ1n) is 5.40. The van der Waals surface area contributed by atoms with Gasteiger partial charge in [0.05, 0.1) is 25.8 Å². The van der Waals surface area contributed by atoms with Gasteiger partial charge >= 0.3 is 0 Å². The van der Waals surface area contributed by atoms with E-state index >= 15 is 0 Å². The molecule has 2 aromatic rings. The van der Waals surface area contributed by atoms with Crippen LogP contribution in [0.1, 0.15) is 17.2 Å². The van der Waals surface area contributed by atoms with Gasteiger partial charge in [-0.05, 0) is 22.4 Å². The van der Waals surface area contributed by atoms with E-state index in [1.54, 1.807) is 11.3 Å². The van der Waals surface area contributed by atoms with E-state index in [2.05, 4.69) is 0 Å². The molecule has 0 aliphatic carbocycles. The maximum Gasteiger partial charge on any atom is 0.131 e. The Labute approximate surface area is 122 Å². The summed E-state index contributed by atoms with van der Waals surface area (Å²) in [6, 6.07) is 4.68. The number of halogens is 1. The van der Waals surface area contributed by atoms with Crippen LogP contribution in [-0.4, -0.2) is 19.3 Å². The predicted molar refractivity (Wildman–Crippen MR) is 78.8 cm³/mol. The van der Waals surface area contributed by atoms with Crippen molar-refractivity contribution in [2.24, 2.45) is 5.73 Å². The van der Waals surface area contributed by atoms with Crippen molar-refractivity contribution < 1.29 is 14.6 Å². The number of methoxy groups -OCH3 is 2. The van der Waals surface area contributed by atoms with Crippen molar-refractivity contribution in [1.82, 2.24) is 0 Å². The quantitative estimate of drug-likeness (QED) is 0.911. The summed E-state index contributed by atoms with van der Waals surface area (Å²) >= 11 is 1.58. The SMILES string of the molecule is COc1cc(O)cc(OC)c1[C@H](N)c1ccsc1.Cl. The van der Waals surface area contributed by atoms with Gasteiger partial charge in [0.1, 0.15) is 17.2 Å². The Hall–Kier alpha value is -1.43. The van der Waals surface area contributed by atoms with Gasteiger partial charge in [-0.1, -0.05) is 0 Å². The first kappa shape index (κ1) is 15.6. The third-order valence-corrected chi connectivity index (χ3v) is 3.44. The molecule has 0 saturated heterocycles. The number of ether oxygens (including phenoxy) is 2. The van der Waals surface area contributed by atoms with Gasteiger partial charge in [-0.3, -0.25) is 0 Å². The molecule has 6 heteroatoms. The summed E-state index contributed by atoms with van der Waals surface area (Å²) < 4.78 is 10.5. The molecule has 0 radical (unpaired) electrons. The van der Waals surface area contributed by atoms with Crippen molar-refractivity contribution >= 4 is 23.7 Å². The zero-order chi connectivity index (χ0) is 13.1. The van der Waals surface area contributed by atoms with E-state index in [4.69, 9.17) is 15.2 Å². The van der Waals surface area contributed by atoms with E-state index < -0.39 is 0 Å². The average Bonchev–Trinajstić information content (AvgIpc) is 2.90. The molecule has 1 aromatic heterocycles. The zero-order valence-electron chi connectivity index (χ0n) is 10.6. The lowest BCUT2D eigenvalue weighted by molar-refractivity contribution is 0.374. The van der Waals surface area contributed by atoms with Crippen molar-refractivity contribution in [2.45, 2.75) is 6.04 Å². The second-order valence-electron chi connectivity index (χ2n) is 3.80. The predicted octanol–water partition coefficient (Wildman–Crippen LogP) is 2.94. The van der Waals surface area contributed by atoms with Crippen LogP contribution in [0.25, 0.3) is 0 Å². The molecule has 4 nitrogen and oxygen atoms in total. The molecule has 2 rings (SSSR count). The Balaban J connectivity index is 0.00000180. The number of hydrogen-bond donors (Lipinski definition) is 2. The van der Waals surface area contributed by atoms with Crippen molar-refractivity contribution in [3.63, 3.8) is 0 Å². The number of phenolic OH excluding ortho intramolecular Hbond substituents is 1. The van der Waals surface area contributed by atoms with E-state index in [1.165, 1.54) is 26.4 Å². The van der Waals surface area contributed by atoms with Crippen molar-refractivity contribution in [2.75, 3.05) is 14.2 Å². The zero-order valence-corrected chi connectivity index (χ0v) is 12.3. The molecule has 0 bridgehead atoms. The van der Waals surface area contributed by atoms with E-state index in [0.29, 0.717) is 11.5 Å². The fourth-order valence-corrected chi connectivity index (χ4v) is 2.55. The molecule has 0 aliphatic heterocycles. The Morgan fingerprint density at radius 1 is 1.21 bits per heavy atom. The molecular formula is C13H16ClNO3S. The number of hydrogen-bond acceptors (Lipinski definition) is 5. The smallest absolute Gasteiger partial charge is 0.131 e. The summed E-state index contributed by atoms with van der Waals surface area (Å²) in [5.41, 5.74) is 7.95. The fourth-order valence-electron chi connectivity index (χ4n) is 1.85. The normalized spacial score (nSPS) is 11.5. The molecule has 1 aromatic carbocycles. The molecule has 0 spiro atoms. The molecule has 0 saturated carbocycles. The maximum absolute atomic E-state index is 9.59. The Kier molecular flexibility index (Phi) is 5.47. The van der Waals surface area contributed by atoms with Gasteiger partial charge in [-0.2, -0.15) is 11.3 Å². The molecule has 19 heavy (non-hydrogen) atoms. The van der Waals surface area contributed by atoms with Crippen molar-refractivity contribution in [1.29, 1.82) is 0 Å². The lowest BCUT2D eigenvalue weighted by Gasteiger charge is -2.18.